The highest BCUT2D eigenvalue weighted by Crippen LogP contribution is 2.21. The molecule has 0 aliphatic carbocycles. The third-order valence-corrected chi connectivity index (χ3v) is 3.44. The van der Waals surface area contributed by atoms with E-state index in [1.807, 2.05) is 11.4 Å². The fraction of sp³-hybridized carbons (Fsp3) is 0.333. The van der Waals surface area contributed by atoms with Crippen LogP contribution in [0, 0.1) is 0 Å². The molecule has 0 saturated carbocycles. The van der Waals surface area contributed by atoms with Gasteiger partial charge in [-0.15, -0.1) is 11.3 Å². The zero-order valence-corrected chi connectivity index (χ0v) is 10.8. The molecule has 0 spiro atoms. The van der Waals surface area contributed by atoms with Gasteiger partial charge in [0.25, 0.3) is 5.91 Å². The molecule has 0 saturated heterocycles. The molecule has 0 aromatic carbocycles. The first-order chi connectivity index (χ1) is 7.61. The maximum atomic E-state index is 11.5. The van der Waals surface area contributed by atoms with Crippen molar-refractivity contribution in [2.75, 3.05) is 19.8 Å². The fourth-order valence-corrected chi connectivity index (χ4v) is 2.41. The number of rotatable bonds is 6. The monoisotopic (exact) mass is 306 g/mol. The minimum absolute atomic E-state index is 0.126. The molecule has 0 fully saturated rings. The zero-order valence-electron chi connectivity index (χ0n) is 8.36. The first-order valence-corrected chi connectivity index (χ1v) is 6.15. The van der Waals surface area contributed by atoms with E-state index in [4.69, 9.17) is 10.5 Å². The predicted octanol–water partition coefficient (Wildman–Crippen LogP) is 0.742. The molecule has 5 nitrogen and oxygen atoms in total. The molecule has 1 heterocycles. The van der Waals surface area contributed by atoms with Crippen molar-refractivity contribution in [3.05, 3.63) is 20.8 Å². The molecule has 88 valence electrons. The smallest absolute Gasteiger partial charge is 0.262 e. The SMILES string of the molecule is NC(=O)COCCNC(=O)c1sccc1Br. The van der Waals surface area contributed by atoms with E-state index in [2.05, 4.69) is 21.2 Å². The lowest BCUT2D eigenvalue weighted by Gasteiger charge is -2.04. The van der Waals surface area contributed by atoms with Crippen molar-refractivity contribution in [1.29, 1.82) is 0 Å². The second kappa shape index (κ2) is 6.62. The number of amides is 2. The number of nitrogens with two attached hydrogens (primary N) is 1. The van der Waals surface area contributed by atoms with Gasteiger partial charge in [0, 0.05) is 11.0 Å². The zero-order chi connectivity index (χ0) is 12.0. The summed E-state index contributed by atoms with van der Waals surface area (Å²) in [6.07, 6.45) is 0. The van der Waals surface area contributed by atoms with Crippen LogP contribution in [0.15, 0.2) is 15.9 Å². The number of hydrogen-bond acceptors (Lipinski definition) is 4. The van der Waals surface area contributed by atoms with E-state index in [-0.39, 0.29) is 19.1 Å². The lowest BCUT2D eigenvalue weighted by Crippen LogP contribution is -2.28. The van der Waals surface area contributed by atoms with Gasteiger partial charge in [-0.1, -0.05) is 0 Å². The molecular weight excluding hydrogens is 296 g/mol. The molecule has 0 radical (unpaired) electrons. The molecule has 0 aliphatic rings. The van der Waals surface area contributed by atoms with Crippen LogP contribution >= 0.6 is 27.3 Å². The van der Waals surface area contributed by atoms with Crippen LogP contribution in [-0.2, 0) is 9.53 Å². The molecular formula is C9H11BrN2O3S. The first-order valence-electron chi connectivity index (χ1n) is 4.48. The molecule has 0 bridgehead atoms. The third kappa shape index (κ3) is 4.30. The van der Waals surface area contributed by atoms with Crippen LogP contribution < -0.4 is 11.1 Å². The van der Waals surface area contributed by atoms with Gasteiger partial charge in [-0.2, -0.15) is 0 Å². The Morgan fingerprint density at radius 3 is 2.88 bits per heavy atom. The van der Waals surface area contributed by atoms with Gasteiger partial charge < -0.3 is 15.8 Å². The van der Waals surface area contributed by atoms with Gasteiger partial charge in [-0.25, -0.2) is 0 Å². The van der Waals surface area contributed by atoms with Crippen LogP contribution in [-0.4, -0.2) is 31.6 Å². The Hall–Kier alpha value is -0.920. The van der Waals surface area contributed by atoms with Gasteiger partial charge in [0.1, 0.15) is 11.5 Å². The molecule has 1 aromatic rings. The summed E-state index contributed by atoms with van der Waals surface area (Å²) in [6, 6.07) is 1.81. The minimum atomic E-state index is -0.521. The molecule has 16 heavy (non-hydrogen) atoms. The van der Waals surface area contributed by atoms with E-state index < -0.39 is 5.91 Å². The summed E-state index contributed by atoms with van der Waals surface area (Å²) in [5.41, 5.74) is 4.88. The predicted molar refractivity (Wildman–Crippen MR) is 64.4 cm³/mol. The Bertz CT molecular complexity index is 381. The number of hydrogen-bond donors (Lipinski definition) is 2. The summed E-state index contributed by atoms with van der Waals surface area (Å²) in [7, 11) is 0. The molecule has 1 rings (SSSR count). The van der Waals surface area contributed by atoms with Crippen LogP contribution in [0.3, 0.4) is 0 Å². The van der Waals surface area contributed by atoms with E-state index in [9.17, 15) is 9.59 Å². The average Bonchev–Trinajstić information content (AvgIpc) is 2.63. The number of halogens is 1. The molecule has 7 heteroatoms. The van der Waals surface area contributed by atoms with Gasteiger partial charge in [0.15, 0.2) is 0 Å². The molecule has 3 N–H and O–H groups in total. The Kier molecular flexibility index (Phi) is 5.44. The minimum Gasteiger partial charge on any atom is -0.370 e. The highest BCUT2D eigenvalue weighted by atomic mass is 79.9. The van der Waals surface area contributed by atoms with Gasteiger partial charge >= 0.3 is 0 Å². The van der Waals surface area contributed by atoms with E-state index in [1.54, 1.807) is 0 Å². The summed E-state index contributed by atoms with van der Waals surface area (Å²) in [6.45, 7) is 0.479. The molecule has 2 amide bonds. The lowest BCUT2D eigenvalue weighted by molar-refractivity contribution is -0.122. The van der Waals surface area contributed by atoms with E-state index in [0.717, 1.165) is 4.47 Å². The Labute approximate surface area is 105 Å². The molecule has 0 unspecified atom stereocenters. The number of nitrogens with one attached hydrogen (secondary N) is 1. The largest absolute Gasteiger partial charge is 0.370 e. The van der Waals surface area contributed by atoms with Crippen LogP contribution in [0.5, 0.6) is 0 Å². The van der Waals surface area contributed by atoms with Crippen molar-refractivity contribution in [3.8, 4) is 0 Å². The van der Waals surface area contributed by atoms with Gasteiger partial charge in [-0.05, 0) is 27.4 Å². The van der Waals surface area contributed by atoms with Crippen LogP contribution in [0.25, 0.3) is 0 Å². The van der Waals surface area contributed by atoms with Crippen molar-refractivity contribution in [1.82, 2.24) is 5.32 Å². The number of thiophene rings is 1. The highest BCUT2D eigenvalue weighted by molar-refractivity contribution is 9.10. The summed E-state index contributed by atoms with van der Waals surface area (Å²) in [5.74, 6) is -0.683. The Morgan fingerprint density at radius 1 is 1.56 bits per heavy atom. The summed E-state index contributed by atoms with van der Waals surface area (Å²) < 4.78 is 5.67. The van der Waals surface area contributed by atoms with Crippen molar-refractivity contribution >= 4 is 39.1 Å². The first kappa shape index (κ1) is 13.1. The average molecular weight is 307 g/mol. The second-order valence-electron chi connectivity index (χ2n) is 2.87. The standard InChI is InChI=1S/C9H11BrN2O3S/c10-6-1-4-16-8(6)9(14)12-2-3-15-5-7(11)13/h1,4H,2-3,5H2,(H2,11,13)(H,12,14). The van der Waals surface area contributed by atoms with Crippen LogP contribution in [0.1, 0.15) is 9.67 Å². The lowest BCUT2D eigenvalue weighted by atomic mass is 10.4. The summed E-state index contributed by atoms with van der Waals surface area (Å²) >= 11 is 4.62. The quantitative estimate of drug-likeness (QED) is 0.761. The van der Waals surface area contributed by atoms with E-state index in [1.165, 1.54) is 11.3 Å². The van der Waals surface area contributed by atoms with E-state index in [0.29, 0.717) is 11.4 Å². The van der Waals surface area contributed by atoms with Crippen LogP contribution in [0.4, 0.5) is 0 Å². The number of primary amides is 1. The summed E-state index contributed by atoms with van der Waals surface area (Å²) in [5, 5.41) is 4.49. The number of carbonyl (C=O) groups is 2. The Morgan fingerprint density at radius 2 is 2.31 bits per heavy atom. The second-order valence-corrected chi connectivity index (χ2v) is 4.64. The molecule has 0 aliphatic heterocycles. The van der Waals surface area contributed by atoms with Crippen LogP contribution in [0.2, 0.25) is 0 Å². The van der Waals surface area contributed by atoms with Gasteiger partial charge in [0.05, 0.1) is 6.61 Å². The maximum Gasteiger partial charge on any atom is 0.262 e. The highest BCUT2D eigenvalue weighted by Gasteiger charge is 2.10. The number of ether oxygens (including phenoxy) is 1. The van der Waals surface area contributed by atoms with Crippen molar-refractivity contribution in [2.24, 2.45) is 5.73 Å². The van der Waals surface area contributed by atoms with E-state index >= 15 is 0 Å². The molecule has 1 aromatic heterocycles. The fourth-order valence-electron chi connectivity index (χ4n) is 0.946. The normalized spacial score (nSPS) is 10.1. The van der Waals surface area contributed by atoms with Crippen molar-refractivity contribution < 1.29 is 14.3 Å². The molecule has 0 atom stereocenters. The third-order valence-electron chi connectivity index (χ3n) is 1.60. The number of carbonyl (C=O) groups excluding carboxylic acids is 2. The summed E-state index contributed by atoms with van der Waals surface area (Å²) in [4.78, 5) is 22.5. The van der Waals surface area contributed by atoms with Gasteiger partial charge in [0.2, 0.25) is 5.91 Å². The van der Waals surface area contributed by atoms with Crippen molar-refractivity contribution in [2.45, 2.75) is 0 Å². The maximum absolute atomic E-state index is 11.5. The Balaban J connectivity index is 2.21. The topological polar surface area (TPSA) is 81.4 Å². The van der Waals surface area contributed by atoms with Crippen molar-refractivity contribution in [3.63, 3.8) is 0 Å². The van der Waals surface area contributed by atoms with Gasteiger partial charge in [-0.3, -0.25) is 9.59 Å².